The van der Waals surface area contributed by atoms with Gasteiger partial charge in [-0.05, 0) is 30.7 Å². The second-order valence-electron chi connectivity index (χ2n) is 4.54. The van der Waals surface area contributed by atoms with Crippen molar-refractivity contribution in [3.05, 3.63) is 54.6 Å². The van der Waals surface area contributed by atoms with Crippen LogP contribution >= 0.6 is 0 Å². The number of oxime groups is 1. The number of para-hydroxylation sites is 3. The highest BCUT2D eigenvalue weighted by atomic mass is 16.5. The smallest absolute Gasteiger partial charge is 0.161 e. The molecule has 0 saturated carbocycles. The Balaban J connectivity index is 2.20. The lowest BCUT2D eigenvalue weighted by Gasteiger charge is -2.19. The second kappa shape index (κ2) is 7.19. The number of anilines is 1. The average molecular weight is 285 g/mol. The summed E-state index contributed by atoms with van der Waals surface area (Å²) in [5.41, 5.74) is 6.47. The Morgan fingerprint density at radius 3 is 2.52 bits per heavy atom. The van der Waals surface area contributed by atoms with Gasteiger partial charge in [-0.1, -0.05) is 42.4 Å². The van der Waals surface area contributed by atoms with Crippen LogP contribution in [0.2, 0.25) is 0 Å². The van der Waals surface area contributed by atoms with E-state index in [1.54, 1.807) is 0 Å². The van der Waals surface area contributed by atoms with Gasteiger partial charge in [-0.25, -0.2) is 0 Å². The maximum Gasteiger partial charge on any atom is 0.161 e. The van der Waals surface area contributed by atoms with Gasteiger partial charge in [0, 0.05) is 0 Å². The Bertz CT molecular complexity index is 599. The molecule has 21 heavy (non-hydrogen) atoms. The van der Waals surface area contributed by atoms with E-state index in [0.29, 0.717) is 12.2 Å². The van der Waals surface area contributed by atoms with Crippen LogP contribution in [0, 0.1) is 0 Å². The van der Waals surface area contributed by atoms with Gasteiger partial charge < -0.3 is 21.0 Å². The van der Waals surface area contributed by atoms with Crippen molar-refractivity contribution in [1.82, 2.24) is 0 Å². The molecule has 0 radical (unpaired) electrons. The van der Waals surface area contributed by atoms with Crippen LogP contribution in [0.4, 0.5) is 5.69 Å². The van der Waals surface area contributed by atoms with Crippen LogP contribution in [0.25, 0.3) is 0 Å². The predicted molar refractivity (Wildman–Crippen MR) is 84.1 cm³/mol. The summed E-state index contributed by atoms with van der Waals surface area (Å²) in [7, 11) is 0. The van der Waals surface area contributed by atoms with Gasteiger partial charge in [0.15, 0.2) is 11.6 Å². The van der Waals surface area contributed by atoms with E-state index in [9.17, 15) is 0 Å². The summed E-state index contributed by atoms with van der Waals surface area (Å²) in [5, 5.41) is 15.1. The summed E-state index contributed by atoms with van der Waals surface area (Å²) in [6, 6.07) is 16.8. The van der Waals surface area contributed by atoms with E-state index in [2.05, 4.69) is 10.5 Å². The number of amidine groups is 1. The first-order valence-corrected chi connectivity index (χ1v) is 6.80. The van der Waals surface area contributed by atoms with Crippen LogP contribution in [0.5, 0.6) is 11.5 Å². The number of hydrogen-bond acceptors (Lipinski definition) is 4. The number of nitrogens with one attached hydrogen (secondary N) is 1. The number of benzene rings is 2. The number of hydrogen-bond donors (Lipinski definition) is 3. The summed E-state index contributed by atoms with van der Waals surface area (Å²) < 4.78 is 5.86. The van der Waals surface area contributed by atoms with Crippen molar-refractivity contribution >= 4 is 11.5 Å². The molecule has 5 heteroatoms. The minimum atomic E-state index is -0.254. The summed E-state index contributed by atoms with van der Waals surface area (Å²) in [5.74, 6) is 1.59. The fourth-order valence-corrected chi connectivity index (χ4v) is 1.93. The topological polar surface area (TPSA) is 79.9 Å². The molecule has 0 aliphatic carbocycles. The molecular weight excluding hydrogens is 266 g/mol. The summed E-state index contributed by atoms with van der Waals surface area (Å²) in [6.07, 6.45) is 0.690. The highest BCUT2D eigenvalue weighted by Gasteiger charge is 2.14. The van der Waals surface area contributed by atoms with Crippen molar-refractivity contribution in [2.24, 2.45) is 10.9 Å². The monoisotopic (exact) mass is 285 g/mol. The van der Waals surface area contributed by atoms with Crippen molar-refractivity contribution < 1.29 is 9.94 Å². The van der Waals surface area contributed by atoms with Crippen LogP contribution in [0.3, 0.4) is 0 Å². The van der Waals surface area contributed by atoms with E-state index in [0.717, 1.165) is 11.4 Å². The van der Waals surface area contributed by atoms with Gasteiger partial charge in [-0.15, -0.1) is 0 Å². The maximum atomic E-state index is 8.81. The highest BCUT2D eigenvalue weighted by Crippen LogP contribution is 2.29. The quantitative estimate of drug-likeness (QED) is 0.329. The third-order valence-corrected chi connectivity index (χ3v) is 3.07. The van der Waals surface area contributed by atoms with Crippen LogP contribution < -0.4 is 15.8 Å². The molecule has 110 valence electrons. The molecule has 4 N–H and O–H groups in total. The summed E-state index contributed by atoms with van der Waals surface area (Å²) in [4.78, 5) is 0. The molecule has 0 bridgehead atoms. The largest absolute Gasteiger partial charge is 0.455 e. The van der Waals surface area contributed by atoms with Crippen LogP contribution in [-0.2, 0) is 0 Å². The van der Waals surface area contributed by atoms with Gasteiger partial charge in [-0.3, -0.25) is 0 Å². The molecule has 1 atom stereocenters. The number of ether oxygens (including phenoxy) is 1. The number of rotatable bonds is 6. The maximum absolute atomic E-state index is 8.81. The Labute approximate surface area is 124 Å². The van der Waals surface area contributed by atoms with Gasteiger partial charge in [0.2, 0.25) is 0 Å². The first-order valence-electron chi connectivity index (χ1n) is 6.80. The van der Waals surface area contributed by atoms with E-state index in [1.807, 2.05) is 61.5 Å². The van der Waals surface area contributed by atoms with E-state index < -0.39 is 0 Å². The lowest BCUT2D eigenvalue weighted by Crippen LogP contribution is -2.35. The highest BCUT2D eigenvalue weighted by molar-refractivity contribution is 5.88. The van der Waals surface area contributed by atoms with Gasteiger partial charge in [0.05, 0.1) is 11.7 Å². The lowest BCUT2D eigenvalue weighted by atomic mass is 10.2. The molecule has 0 aliphatic rings. The molecule has 2 aromatic carbocycles. The third-order valence-electron chi connectivity index (χ3n) is 3.07. The molecule has 0 aliphatic heterocycles. The Kier molecular flexibility index (Phi) is 5.04. The Hall–Kier alpha value is -2.69. The molecule has 2 rings (SSSR count). The van der Waals surface area contributed by atoms with E-state index in [4.69, 9.17) is 15.7 Å². The summed E-state index contributed by atoms with van der Waals surface area (Å²) >= 11 is 0. The van der Waals surface area contributed by atoms with Gasteiger partial charge in [-0.2, -0.15) is 0 Å². The minimum Gasteiger partial charge on any atom is -0.455 e. The molecule has 0 fully saturated rings. The molecule has 1 unspecified atom stereocenters. The Morgan fingerprint density at radius 2 is 1.86 bits per heavy atom. The van der Waals surface area contributed by atoms with Crippen molar-refractivity contribution in [3.63, 3.8) is 0 Å². The van der Waals surface area contributed by atoms with Gasteiger partial charge in [0.25, 0.3) is 0 Å². The SMILES string of the molecule is CCC(Nc1ccccc1Oc1ccccc1)C(N)=NO. The zero-order chi connectivity index (χ0) is 15.1. The normalized spacial score (nSPS) is 12.7. The predicted octanol–water partition coefficient (Wildman–Crippen LogP) is 3.42. The lowest BCUT2D eigenvalue weighted by molar-refractivity contribution is 0.316. The van der Waals surface area contributed by atoms with Crippen LogP contribution in [0.15, 0.2) is 59.8 Å². The van der Waals surface area contributed by atoms with E-state index in [1.165, 1.54) is 0 Å². The van der Waals surface area contributed by atoms with Crippen molar-refractivity contribution in [2.75, 3.05) is 5.32 Å². The molecule has 5 nitrogen and oxygen atoms in total. The Morgan fingerprint density at radius 1 is 1.19 bits per heavy atom. The molecule has 0 aromatic heterocycles. The standard InChI is InChI=1S/C16H19N3O2/c1-2-13(16(17)19-20)18-14-10-6-7-11-15(14)21-12-8-4-3-5-9-12/h3-11,13,18,20H,2H2,1H3,(H2,17,19). The van der Waals surface area contributed by atoms with E-state index in [-0.39, 0.29) is 11.9 Å². The fraction of sp³-hybridized carbons (Fsp3) is 0.188. The molecule has 2 aromatic rings. The van der Waals surface area contributed by atoms with Gasteiger partial charge in [0.1, 0.15) is 5.75 Å². The van der Waals surface area contributed by atoms with Crippen LogP contribution in [-0.4, -0.2) is 17.1 Å². The third kappa shape index (κ3) is 3.89. The molecule has 0 heterocycles. The zero-order valence-corrected chi connectivity index (χ0v) is 11.9. The van der Waals surface area contributed by atoms with E-state index >= 15 is 0 Å². The second-order valence-corrected chi connectivity index (χ2v) is 4.54. The van der Waals surface area contributed by atoms with Crippen LogP contribution in [0.1, 0.15) is 13.3 Å². The van der Waals surface area contributed by atoms with Crippen molar-refractivity contribution in [3.8, 4) is 11.5 Å². The summed E-state index contributed by atoms with van der Waals surface area (Å²) in [6.45, 7) is 1.95. The minimum absolute atomic E-state index is 0.145. The average Bonchev–Trinajstić information content (AvgIpc) is 2.54. The first kappa shape index (κ1) is 14.7. The zero-order valence-electron chi connectivity index (χ0n) is 11.9. The van der Waals surface area contributed by atoms with Crippen molar-refractivity contribution in [2.45, 2.75) is 19.4 Å². The number of nitrogens with zero attached hydrogens (tertiary/aromatic N) is 1. The number of nitrogens with two attached hydrogens (primary N) is 1. The van der Waals surface area contributed by atoms with Crippen molar-refractivity contribution in [1.29, 1.82) is 0 Å². The molecule has 0 spiro atoms. The molecular formula is C16H19N3O2. The molecule has 0 saturated heterocycles. The molecule has 0 amide bonds. The fourth-order valence-electron chi connectivity index (χ4n) is 1.93. The van der Waals surface area contributed by atoms with Gasteiger partial charge >= 0.3 is 0 Å². The first-order chi connectivity index (χ1) is 10.2.